The molecule has 0 fully saturated rings. The highest BCUT2D eigenvalue weighted by Crippen LogP contribution is 2.11. The summed E-state index contributed by atoms with van der Waals surface area (Å²) in [7, 11) is 0. The van der Waals surface area contributed by atoms with Gasteiger partial charge < -0.3 is 0 Å². The Morgan fingerprint density at radius 2 is 2.15 bits per heavy atom. The SMILES string of the molecule is Cc1cccc(CCC(C)CCl)c1. The highest BCUT2D eigenvalue weighted by molar-refractivity contribution is 6.18. The van der Waals surface area contributed by atoms with Crippen LogP contribution >= 0.6 is 11.6 Å². The van der Waals surface area contributed by atoms with E-state index in [4.69, 9.17) is 11.6 Å². The van der Waals surface area contributed by atoms with Crippen LogP contribution in [0.15, 0.2) is 24.3 Å². The second-order valence-corrected chi connectivity index (χ2v) is 4.10. The van der Waals surface area contributed by atoms with E-state index in [1.54, 1.807) is 0 Å². The van der Waals surface area contributed by atoms with Crippen molar-refractivity contribution in [2.45, 2.75) is 26.7 Å². The normalized spacial score (nSPS) is 12.8. The summed E-state index contributed by atoms with van der Waals surface area (Å²) >= 11 is 5.75. The van der Waals surface area contributed by atoms with Gasteiger partial charge in [0.2, 0.25) is 0 Å². The van der Waals surface area contributed by atoms with Crippen molar-refractivity contribution in [1.29, 1.82) is 0 Å². The molecule has 1 aromatic rings. The first-order valence-corrected chi connectivity index (χ1v) is 5.37. The van der Waals surface area contributed by atoms with Crippen molar-refractivity contribution in [3.8, 4) is 0 Å². The van der Waals surface area contributed by atoms with Gasteiger partial charge in [-0.1, -0.05) is 36.8 Å². The van der Waals surface area contributed by atoms with E-state index in [-0.39, 0.29) is 0 Å². The molecule has 0 heterocycles. The highest BCUT2D eigenvalue weighted by atomic mass is 35.5. The standard InChI is InChI=1S/C12H17Cl/c1-10-4-3-5-12(8-10)7-6-11(2)9-13/h3-5,8,11H,6-7,9H2,1-2H3. The van der Waals surface area contributed by atoms with Crippen LogP contribution in [-0.4, -0.2) is 5.88 Å². The minimum atomic E-state index is 0.627. The molecule has 1 atom stereocenters. The Balaban J connectivity index is 2.45. The smallest absolute Gasteiger partial charge is 0.0249 e. The van der Waals surface area contributed by atoms with Gasteiger partial charge >= 0.3 is 0 Å². The third-order valence-electron chi connectivity index (χ3n) is 2.27. The Kier molecular flexibility index (Phi) is 4.31. The van der Waals surface area contributed by atoms with Gasteiger partial charge in [-0.05, 0) is 31.2 Å². The fourth-order valence-electron chi connectivity index (χ4n) is 1.36. The van der Waals surface area contributed by atoms with E-state index in [9.17, 15) is 0 Å². The first kappa shape index (κ1) is 10.6. The van der Waals surface area contributed by atoms with E-state index >= 15 is 0 Å². The summed E-state index contributed by atoms with van der Waals surface area (Å²) in [4.78, 5) is 0. The molecule has 0 N–H and O–H groups in total. The maximum atomic E-state index is 5.75. The van der Waals surface area contributed by atoms with Crippen molar-refractivity contribution >= 4 is 11.6 Å². The van der Waals surface area contributed by atoms with Crippen LogP contribution in [0, 0.1) is 12.8 Å². The summed E-state index contributed by atoms with van der Waals surface area (Å²) in [6, 6.07) is 8.69. The molecule has 1 unspecified atom stereocenters. The Labute approximate surface area is 85.9 Å². The van der Waals surface area contributed by atoms with Gasteiger partial charge in [0.1, 0.15) is 0 Å². The van der Waals surface area contributed by atoms with E-state index in [2.05, 4.69) is 38.1 Å². The van der Waals surface area contributed by atoms with E-state index in [0.29, 0.717) is 5.92 Å². The average molecular weight is 197 g/mol. The number of alkyl halides is 1. The molecule has 0 radical (unpaired) electrons. The maximum Gasteiger partial charge on any atom is 0.0249 e. The molecule has 1 aromatic carbocycles. The second kappa shape index (κ2) is 5.29. The highest BCUT2D eigenvalue weighted by Gasteiger charge is 2.00. The zero-order valence-electron chi connectivity index (χ0n) is 8.39. The molecule has 0 saturated carbocycles. The zero-order chi connectivity index (χ0) is 9.68. The van der Waals surface area contributed by atoms with E-state index in [1.165, 1.54) is 17.5 Å². The lowest BCUT2D eigenvalue weighted by Gasteiger charge is -2.07. The van der Waals surface area contributed by atoms with Gasteiger partial charge in [0.25, 0.3) is 0 Å². The molecule has 0 bridgehead atoms. The molecule has 72 valence electrons. The molecular weight excluding hydrogens is 180 g/mol. The topological polar surface area (TPSA) is 0 Å². The van der Waals surface area contributed by atoms with Crippen molar-refractivity contribution in [1.82, 2.24) is 0 Å². The van der Waals surface area contributed by atoms with Crippen LogP contribution in [-0.2, 0) is 6.42 Å². The molecule has 0 nitrogen and oxygen atoms in total. The number of benzene rings is 1. The third kappa shape index (κ3) is 3.82. The van der Waals surface area contributed by atoms with Crippen molar-refractivity contribution < 1.29 is 0 Å². The fraction of sp³-hybridized carbons (Fsp3) is 0.500. The predicted octanol–water partition coefficient (Wildman–Crippen LogP) is 3.80. The summed E-state index contributed by atoms with van der Waals surface area (Å²) in [6.07, 6.45) is 2.34. The minimum Gasteiger partial charge on any atom is -0.126 e. The van der Waals surface area contributed by atoms with Gasteiger partial charge in [0.15, 0.2) is 0 Å². The molecule has 0 aliphatic rings. The lowest BCUT2D eigenvalue weighted by Crippen LogP contribution is -1.98. The maximum absolute atomic E-state index is 5.75. The van der Waals surface area contributed by atoms with Crippen molar-refractivity contribution in [2.24, 2.45) is 5.92 Å². The summed E-state index contributed by atoms with van der Waals surface area (Å²) in [6.45, 7) is 4.33. The van der Waals surface area contributed by atoms with Gasteiger partial charge in [-0.25, -0.2) is 0 Å². The third-order valence-corrected chi connectivity index (χ3v) is 2.80. The van der Waals surface area contributed by atoms with Gasteiger partial charge in [0.05, 0.1) is 0 Å². The monoisotopic (exact) mass is 196 g/mol. The van der Waals surface area contributed by atoms with E-state index < -0.39 is 0 Å². The predicted molar refractivity (Wildman–Crippen MR) is 59.4 cm³/mol. The second-order valence-electron chi connectivity index (χ2n) is 3.79. The summed E-state index contributed by atoms with van der Waals surface area (Å²) < 4.78 is 0. The van der Waals surface area contributed by atoms with Crippen molar-refractivity contribution in [3.05, 3.63) is 35.4 Å². The molecule has 0 aliphatic heterocycles. The molecule has 0 amide bonds. The van der Waals surface area contributed by atoms with Crippen LogP contribution in [0.25, 0.3) is 0 Å². The minimum absolute atomic E-state index is 0.627. The Bertz CT molecular complexity index is 255. The quantitative estimate of drug-likeness (QED) is 0.643. The van der Waals surface area contributed by atoms with Crippen LogP contribution < -0.4 is 0 Å². The van der Waals surface area contributed by atoms with Crippen molar-refractivity contribution in [2.75, 3.05) is 5.88 Å². The number of hydrogen-bond donors (Lipinski definition) is 0. The van der Waals surface area contributed by atoms with Crippen LogP contribution in [0.3, 0.4) is 0 Å². The molecule has 0 aliphatic carbocycles. The number of halogens is 1. The number of aryl methyl sites for hydroxylation is 2. The van der Waals surface area contributed by atoms with Crippen molar-refractivity contribution in [3.63, 3.8) is 0 Å². The molecular formula is C12H17Cl. The van der Waals surface area contributed by atoms with Gasteiger partial charge in [0, 0.05) is 5.88 Å². The summed E-state index contributed by atoms with van der Waals surface area (Å²) in [5.41, 5.74) is 2.77. The Morgan fingerprint density at radius 1 is 1.38 bits per heavy atom. The van der Waals surface area contributed by atoms with E-state index in [1.807, 2.05) is 0 Å². The Morgan fingerprint density at radius 3 is 2.77 bits per heavy atom. The van der Waals surface area contributed by atoms with Gasteiger partial charge in [-0.3, -0.25) is 0 Å². The van der Waals surface area contributed by atoms with Crippen LogP contribution in [0.2, 0.25) is 0 Å². The fourth-order valence-corrected chi connectivity index (χ4v) is 1.51. The molecule has 0 aromatic heterocycles. The first-order chi connectivity index (χ1) is 6.22. The lowest BCUT2D eigenvalue weighted by atomic mass is 10.0. The summed E-state index contributed by atoms with van der Waals surface area (Å²) in [5.74, 6) is 1.40. The number of hydrogen-bond acceptors (Lipinski definition) is 0. The summed E-state index contributed by atoms with van der Waals surface area (Å²) in [5, 5.41) is 0. The average Bonchev–Trinajstić information content (AvgIpc) is 2.14. The molecule has 1 rings (SSSR count). The molecule has 0 saturated heterocycles. The molecule has 0 spiro atoms. The molecule has 13 heavy (non-hydrogen) atoms. The van der Waals surface area contributed by atoms with Crippen LogP contribution in [0.1, 0.15) is 24.5 Å². The first-order valence-electron chi connectivity index (χ1n) is 4.84. The van der Waals surface area contributed by atoms with Gasteiger partial charge in [-0.2, -0.15) is 0 Å². The van der Waals surface area contributed by atoms with Gasteiger partial charge in [-0.15, -0.1) is 11.6 Å². The largest absolute Gasteiger partial charge is 0.126 e. The number of rotatable bonds is 4. The molecule has 1 heteroatoms. The Hall–Kier alpha value is -0.490. The van der Waals surface area contributed by atoms with Crippen LogP contribution in [0.4, 0.5) is 0 Å². The lowest BCUT2D eigenvalue weighted by molar-refractivity contribution is 0.593. The van der Waals surface area contributed by atoms with Crippen LogP contribution in [0.5, 0.6) is 0 Å². The van der Waals surface area contributed by atoms with E-state index in [0.717, 1.165) is 12.3 Å². The zero-order valence-corrected chi connectivity index (χ0v) is 9.14.